The summed E-state index contributed by atoms with van der Waals surface area (Å²) in [4.78, 5) is 11.7. The molecule has 1 N–H and O–H groups in total. The zero-order valence-electron chi connectivity index (χ0n) is 13.2. The van der Waals surface area contributed by atoms with Crippen LogP contribution in [0.15, 0.2) is 60.9 Å². The maximum Gasteiger partial charge on any atom is 0.251 e. The van der Waals surface area contributed by atoms with Crippen molar-refractivity contribution in [3.05, 3.63) is 77.6 Å². The van der Waals surface area contributed by atoms with Crippen LogP contribution in [0.25, 0.3) is 11.1 Å². The number of benzene rings is 2. The van der Waals surface area contributed by atoms with Crippen LogP contribution < -0.4 is 5.32 Å². The second kappa shape index (κ2) is 6.80. The fraction of sp³-hybridized carbons (Fsp3) is 0.105. The van der Waals surface area contributed by atoms with E-state index in [0.29, 0.717) is 17.7 Å². The molecule has 0 radical (unpaired) electrons. The average Bonchev–Trinajstić information content (AvgIpc) is 3.09. The van der Waals surface area contributed by atoms with Crippen LogP contribution in [-0.2, 0) is 6.54 Å². The van der Waals surface area contributed by atoms with E-state index in [-0.39, 0.29) is 5.91 Å². The van der Waals surface area contributed by atoms with Gasteiger partial charge < -0.3 is 5.32 Å². The second-order valence-corrected chi connectivity index (χ2v) is 5.40. The Balaban J connectivity index is 1.79. The Bertz CT molecular complexity index is 904. The van der Waals surface area contributed by atoms with Crippen LogP contribution in [0.5, 0.6) is 0 Å². The molecule has 0 aliphatic heterocycles. The van der Waals surface area contributed by atoms with Gasteiger partial charge in [0, 0.05) is 24.4 Å². The first kappa shape index (κ1) is 15.5. The van der Waals surface area contributed by atoms with E-state index in [1.165, 1.54) is 0 Å². The molecule has 1 amide bonds. The number of hydrogen-bond acceptors (Lipinski definition) is 3. The van der Waals surface area contributed by atoms with Gasteiger partial charge in [0.25, 0.3) is 5.91 Å². The highest BCUT2D eigenvalue weighted by atomic mass is 16.1. The van der Waals surface area contributed by atoms with E-state index in [1.54, 1.807) is 31.4 Å². The number of hydrogen-bond donors (Lipinski definition) is 1. The van der Waals surface area contributed by atoms with Crippen molar-refractivity contribution in [2.24, 2.45) is 0 Å². The summed E-state index contributed by atoms with van der Waals surface area (Å²) >= 11 is 0. The third-order valence-electron chi connectivity index (χ3n) is 3.74. The molecule has 2 aromatic carbocycles. The average molecular weight is 316 g/mol. The minimum absolute atomic E-state index is 0.101. The minimum Gasteiger partial charge on any atom is -0.355 e. The molecule has 118 valence electrons. The van der Waals surface area contributed by atoms with Crippen LogP contribution in [-0.4, -0.2) is 22.7 Å². The maximum atomic E-state index is 11.7. The number of carbonyl (C=O) groups excluding carboxylic acids is 1. The molecule has 0 saturated carbocycles. The van der Waals surface area contributed by atoms with Crippen LogP contribution in [0, 0.1) is 11.3 Å². The Labute approximate surface area is 140 Å². The van der Waals surface area contributed by atoms with Crippen LogP contribution in [0.3, 0.4) is 0 Å². The molecule has 0 atom stereocenters. The van der Waals surface area contributed by atoms with Crippen LogP contribution in [0.4, 0.5) is 0 Å². The van der Waals surface area contributed by atoms with E-state index in [2.05, 4.69) is 16.5 Å². The van der Waals surface area contributed by atoms with E-state index in [0.717, 1.165) is 16.7 Å². The summed E-state index contributed by atoms with van der Waals surface area (Å²) in [6.07, 6.45) is 3.75. The summed E-state index contributed by atoms with van der Waals surface area (Å²) in [5, 5.41) is 15.9. The second-order valence-electron chi connectivity index (χ2n) is 5.40. The minimum atomic E-state index is -0.101. The number of nitriles is 1. The van der Waals surface area contributed by atoms with Crippen molar-refractivity contribution in [1.82, 2.24) is 15.1 Å². The molecule has 5 nitrogen and oxygen atoms in total. The SMILES string of the molecule is CNC(=O)c1cccc(Cn2cc(-c3ccc(C#N)cc3)cn2)c1. The molecule has 3 aromatic rings. The molecule has 0 bridgehead atoms. The lowest BCUT2D eigenvalue weighted by atomic mass is 10.1. The summed E-state index contributed by atoms with van der Waals surface area (Å²) in [7, 11) is 1.62. The molecule has 0 unspecified atom stereocenters. The smallest absolute Gasteiger partial charge is 0.251 e. The number of nitrogens with zero attached hydrogens (tertiary/aromatic N) is 3. The van der Waals surface area contributed by atoms with Gasteiger partial charge >= 0.3 is 0 Å². The van der Waals surface area contributed by atoms with Gasteiger partial charge in [0.1, 0.15) is 0 Å². The lowest BCUT2D eigenvalue weighted by Gasteiger charge is -2.05. The number of rotatable bonds is 4. The van der Waals surface area contributed by atoms with Gasteiger partial charge in [-0.05, 0) is 35.4 Å². The Kier molecular flexibility index (Phi) is 4.39. The first-order valence-electron chi connectivity index (χ1n) is 7.53. The Hall–Kier alpha value is -3.39. The van der Waals surface area contributed by atoms with Crippen molar-refractivity contribution in [3.63, 3.8) is 0 Å². The molecule has 0 spiro atoms. The van der Waals surface area contributed by atoms with E-state index in [9.17, 15) is 4.79 Å². The van der Waals surface area contributed by atoms with E-state index < -0.39 is 0 Å². The lowest BCUT2D eigenvalue weighted by Crippen LogP contribution is -2.17. The fourth-order valence-electron chi connectivity index (χ4n) is 2.48. The van der Waals surface area contributed by atoms with Crippen LogP contribution in [0.1, 0.15) is 21.5 Å². The van der Waals surface area contributed by atoms with Crippen molar-refractivity contribution < 1.29 is 4.79 Å². The molecule has 24 heavy (non-hydrogen) atoms. The van der Waals surface area contributed by atoms with E-state index in [1.807, 2.05) is 41.2 Å². The van der Waals surface area contributed by atoms with Crippen molar-refractivity contribution in [3.8, 4) is 17.2 Å². The topological polar surface area (TPSA) is 70.7 Å². The Morgan fingerprint density at radius 1 is 1.21 bits per heavy atom. The highest BCUT2D eigenvalue weighted by Gasteiger charge is 2.06. The van der Waals surface area contributed by atoms with Gasteiger partial charge in [-0.15, -0.1) is 0 Å². The molecule has 5 heteroatoms. The molecule has 0 aliphatic rings. The van der Waals surface area contributed by atoms with Gasteiger partial charge in [-0.3, -0.25) is 9.48 Å². The van der Waals surface area contributed by atoms with Gasteiger partial charge in [-0.2, -0.15) is 10.4 Å². The number of nitrogens with one attached hydrogen (secondary N) is 1. The molecule has 0 aliphatic carbocycles. The quantitative estimate of drug-likeness (QED) is 0.804. The third kappa shape index (κ3) is 3.33. The predicted molar refractivity (Wildman–Crippen MR) is 91.3 cm³/mol. The standard InChI is InChI=1S/C19H16N4O/c1-21-19(24)17-4-2-3-15(9-17)12-23-13-18(11-22-23)16-7-5-14(10-20)6-8-16/h2-9,11,13H,12H2,1H3,(H,21,24). The summed E-state index contributed by atoms with van der Waals surface area (Å²) in [5.41, 5.74) is 4.28. The van der Waals surface area contributed by atoms with E-state index in [4.69, 9.17) is 5.26 Å². The highest BCUT2D eigenvalue weighted by molar-refractivity contribution is 5.94. The number of amides is 1. The zero-order valence-corrected chi connectivity index (χ0v) is 13.2. The molecule has 1 aromatic heterocycles. The number of carbonyl (C=O) groups is 1. The first-order valence-corrected chi connectivity index (χ1v) is 7.53. The van der Waals surface area contributed by atoms with Gasteiger partial charge in [0.15, 0.2) is 0 Å². The summed E-state index contributed by atoms with van der Waals surface area (Å²) in [6.45, 7) is 0.584. The van der Waals surface area contributed by atoms with Crippen molar-refractivity contribution >= 4 is 5.91 Å². The molecule has 0 fully saturated rings. The van der Waals surface area contributed by atoms with Crippen molar-refractivity contribution in [2.45, 2.75) is 6.54 Å². The zero-order chi connectivity index (χ0) is 16.9. The van der Waals surface area contributed by atoms with E-state index >= 15 is 0 Å². The van der Waals surface area contributed by atoms with Gasteiger partial charge in [0.05, 0.1) is 24.4 Å². The first-order chi connectivity index (χ1) is 11.7. The van der Waals surface area contributed by atoms with Crippen molar-refractivity contribution in [1.29, 1.82) is 5.26 Å². The molecule has 1 heterocycles. The molecular weight excluding hydrogens is 300 g/mol. The predicted octanol–water partition coefficient (Wildman–Crippen LogP) is 2.83. The third-order valence-corrected chi connectivity index (χ3v) is 3.74. The fourth-order valence-corrected chi connectivity index (χ4v) is 2.48. The summed E-state index contributed by atoms with van der Waals surface area (Å²) < 4.78 is 1.83. The normalized spacial score (nSPS) is 10.2. The Morgan fingerprint density at radius 3 is 2.71 bits per heavy atom. The van der Waals surface area contributed by atoms with Crippen LogP contribution in [0.2, 0.25) is 0 Å². The molecule has 0 saturated heterocycles. The van der Waals surface area contributed by atoms with Gasteiger partial charge in [-0.25, -0.2) is 0 Å². The monoisotopic (exact) mass is 316 g/mol. The summed E-state index contributed by atoms with van der Waals surface area (Å²) in [5.74, 6) is -0.101. The van der Waals surface area contributed by atoms with Gasteiger partial charge in [-0.1, -0.05) is 24.3 Å². The molecule has 3 rings (SSSR count). The molecular formula is C19H16N4O. The van der Waals surface area contributed by atoms with Crippen LogP contribution >= 0.6 is 0 Å². The lowest BCUT2D eigenvalue weighted by molar-refractivity contribution is 0.0963. The Morgan fingerprint density at radius 2 is 2.00 bits per heavy atom. The number of aromatic nitrogens is 2. The summed E-state index contributed by atoms with van der Waals surface area (Å²) in [6, 6.07) is 17.0. The van der Waals surface area contributed by atoms with Gasteiger partial charge in [0.2, 0.25) is 0 Å². The maximum absolute atomic E-state index is 11.7. The van der Waals surface area contributed by atoms with Crippen molar-refractivity contribution in [2.75, 3.05) is 7.05 Å². The highest BCUT2D eigenvalue weighted by Crippen LogP contribution is 2.19. The largest absolute Gasteiger partial charge is 0.355 e.